The van der Waals surface area contributed by atoms with Gasteiger partial charge >= 0.3 is 0 Å². The van der Waals surface area contributed by atoms with Crippen molar-refractivity contribution in [1.82, 2.24) is 5.32 Å². The van der Waals surface area contributed by atoms with Crippen LogP contribution in [0.25, 0.3) is 0 Å². The Labute approximate surface area is 102 Å². The number of nitrogens with one attached hydrogen (secondary N) is 1. The molecule has 3 N–H and O–H groups in total. The minimum Gasteiger partial charge on any atom is -0.330 e. The van der Waals surface area contributed by atoms with Gasteiger partial charge in [0, 0.05) is 0 Å². The van der Waals surface area contributed by atoms with Crippen molar-refractivity contribution >= 4 is 0 Å². The molecule has 0 unspecified atom stereocenters. The predicted molar refractivity (Wildman–Crippen MR) is 73.8 cm³/mol. The maximum atomic E-state index is 5.45. The summed E-state index contributed by atoms with van der Waals surface area (Å²) in [5.74, 6) is 0. The molecule has 0 bridgehead atoms. The fourth-order valence-corrected chi connectivity index (χ4v) is 1.90. The first-order valence-electron chi connectivity index (χ1n) is 7.32. The van der Waals surface area contributed by atoms with Gasteiger partial charge in [-0.1, -0.05) is 51.9 Å². The van der Waals surface area contributed by atoms with E-state index in [-0.39, 0.29) is 0 Å². The number of hydrogen-bond acceptors (Lipinski definition) is 2. The highest BCUT2D eigenvalue weighted by Crippen LogP contribution is 2.02. The molecule has 0 aromatic rings. The Balaban J connectivity index is 2.83. The van der Waals surface area contributed by atoms with E-state index in [1.807, 2.05) is 0 Å². The first kappa shape index (κ1) is 15.9. The van der Waals surface area contributed by atoms with Gasteiger partial charge in [-0.25, -0.2) is 0 Å². The van der Waals surface area contributed by atoms with Crippen molar-refractivity contribution in [2.75, 3.05) is 19.6 Å². The van der Waals surface area contributed by atoms with Crippen LogP contribution >= 0.6 is 0 Å². The maximum absolute atomic E-state index is 5.45. The zero-order valence-electron chi connectivity index (χ0n) is 11.3. The third-order valence-electron chi connectivity index (χ3n) is 3.01. The molecule has 16 heavy (non-hydrogen) atoms. The highest BCUT2D eigenvalue weighted by atomic mass is 14.8. The predicted octanol–water partition coefficient (Wildman–Crippen LogP) is 3.46. The Morgan fingerprint density at radius 1 is 0.688 bits per heavy atom. The van der Waals surface area contributed by atoms with E-state index >= 15 is 0 Å². The van der Waals surface area contributed by atoms with Gasteiger partial charge in [-0.3, -0.25) is 0 Å². The van der Waals surface area contributed by atoms with Crippen molar-refractivity contribution in [2.24, 2.45) is 5.73 Å². The summed E-state index contributed by atoms with van der Waals surface area (Å²) >= 11 is 0. The van der Waals surface area contributed by atoms with Gasteiger partial charge in [0.15, 0.2) is 0 Å². The molecule has 2 nitrogen and oxygen atoms in total. The van der Waals surface area contributed by atoms with Gasteiger partial charge in [0.2, 0.25) is 0 Å². The number of unbranched alkanes of at least 4 members (excludes halogenated alkanes) is 8. The van der Waals surface area contributed by atoms with E-state index in [0.717, 1.165) is 6.54 Å². The maximum Gasteiger partial charge on any atom is -0.00489 e. The van der Waals surface area contributed by atoms with E-state index in [1.54, 1.807) is 0 Å². The molecule has 0 radical (unpaired) electrons. The zero-order valence-corrected chi connectivity index (χ0v) is 11.3. The fraction of sp³-hybridized carbons (Fsp3) is 1.00. The molecule has 0 saturated heterocycles. The lowest BCUT2D eigenvalue weighted by molar-refractivity contribution is 0.550. The Hall–Kier alpha value is -0.0800. The number of hydrogen-bond donors (Lipinski definition) is 2. The summed E-state index contributed by atoms with van der Waals surface area (Å²) in [5, 5.41) is 3.53. The molecule has 0 saturated carbocycles. The summed E-state index contributed by atoms with van der Waals surface area (Å²) in [5.41, 5.74) is 5.45. The van der Waals surface area contributed by atoms with E-state index in [1.165, 1.54) is 77.3 Å². The molecule has 0 aliphatic rings. The minimum atomic E-state index is 0.857. The molecule has 2 heteroatoms. The highest BCUT2D eigenvalue weighted by molar-refractivity contribution is 4.51. The van der Waals surface area contributed by atoms with Gasteiger partial charge in [-0.05, 0) is 38.9 Å². The summed E-state index contributed by atoms with van der Waals surface area (Å²) in [7, 11) is 0. The van der Waals surface area contributed by atoms with Crippen LogP contribution in [0.4, 0.5) is 0 Å². The smallest absolute Gasteiger partial charge is 0.00489 e. The first-order chi connectivity index (χ1) is 7.91. The fourth-order valence-electron chi connectivity index (χ4n) is 1.90. The van der Waals surface area contributed by atoms with E-state index in [4.69, 9.17) is 5.73 Å². The van der Waals surface area contributed by atoms with Gasteiger partial charge in [0.05, 0.1) is 0 Å². The molecule has 0 atom stereocenters. The van der Waals surface area contributed by atoms with Crippen molar-refractivity contribution in [1.29, 1.82) is 0 Å². The van der Waals surface area contributed by atoms with Crippen LogP contribution in [-0.4, -0.2) is 19.6 Å². The van der Waals surface area contributed by atoms with Crippen LogP contribution in [0.15, 0.2) is 0 Å². The minimum absolute atomic E-state index is 0.857. The summed E-state index contributed by atoms with van der Waals surface area (Å²) in [4.78, 5) is 0. The molecule has 0 amide bonds. The quantitative estimate of drug-likeness (QED) is 0.474. The third-order valence-corrected chi connectivity index (χ3v) is 3.01. The SMILES string of the molecule is CCCCCCCNCCCCCCCN. The summed E-state index contributed by atoms with van der Waals surface area (Å²) in [6.07, 6.45) is 13.5. The molecule has 0 aliphatic carbocycles. The van der Waals surface area contributed by atoms with Crippen molar-refractivity contribution in [3.63, 3.8) is 0 Å². The van der Waals surface area contributed by atoms with Crippen LogP contribution in [-0.2, 0) is 0 Å². The second kappa shape index (κ2) is 14.9. The molecular weight excluding hydrogens is 196 g/mol. The molecule has 0 rings (SSSR count). The van der Waals surface area contributed by atoms with Crippen molar-refractivity contribution in [3.8, 4) is 0 Å². The van der Waals surface area contributed by atoms with Crippen LogP contribution in [0.5, 0.6) is 0 Å². The zero-order chi connectivity index (χ0) is 11.9. The van der Waals surface area contributed by atoms with Gasteiger partial charge in [-0.2, -0.15) is 0 Å². The normalized spacial score (nSPS) is 10.9. The molecule has 0 fully saturated rings. The van der Waals surface area contributed by atoms with Gasteiger partial charge in [0.25, 0.3) is 0 Å². The molecule has 98 valence electrons. The van der Waals surface area contributed by atoms with E-state index in [9.17, 15) is 0 Å². The summed E-state index contributed by atoms with van der Waals surface area (Å²) < 4.78 is 0. The lowest BCUT2D eigenvalue weighted by Gasteiger charge is -2.04. The van der Waals surface area contributed by atoms with Crippen molar-refractivity contribution in [2.45, 2.75) is 71.1 Å². The van der Waals surface area contributed by atoms with Crippen LogP contribution in [0.3, 0.4) is 0 Å². The molecular formula is C14H32N2. The summed E-state index contributed by atoms with van der Waals surface area (Å²) in [6, 6.07) is 0. The Kier molecular flexibility index (Phi) is 14.8. The lowest BCUT2D eigenvalue weighted by atomic mass is 10.1. The van der Waals surface area contributed by atoms with Crippen LogP contribution in [0.1, 0.15) is 71.1 Å². The van der Waals surface area contributed by atoms with Gasteiger partial charge < -0.3 is 11.1 Å². The standard InChI is InChI=1S/C14H32N2/c1-2-3-4-7-10-13-16-14-11-8-5-6-9-12-15/h16H,2-15H2,1H3. The third kappa shape index (κ3) is 13.9. The molecule has 0 aromatic heterocycles. The summed E-state index contributed by atoms with van der Waals surface area (Å²) in [6.45, 7) is 5.54. The van der Waals surface area contributed by atoms with E-state index in [2.05, 4.69) is 12.2 Å². The van der Waals surface area contributed by atoms with Crippen molar-refractivity contribution < 1.29 is 0 Å². The van der Waals surface area contributed by atoms with E-state index < -0.39 is 0 Å². The average Bonchev–Trinajstić information content (AvgIpc) is 2.31. The number of rotatable bonds is 13. The molecule has 0 aromatic carbocycles. The second-order valence-electron chi connectivity index (χ2n) is 4.72. The average molecular weight is 228 g/mol. The van der Waals surface area contributed by atoms with Crippen LogP contribution < -0.4 is 11.1 Å². The topological polar surface area (TPSA) is 38.0 Å². The second-order valence-corrected chi connectivity index (χ2v) is 4.72. The van der Waals surface area contributed by atoms with E-state index in [0.29, 0.717) is 0 Å². The van der Waals surface area contributed by atoms with Gasteiger partial charge in [-0.15, -0.1) is 0 Å². The molecule has 0 heterocycles. The molecule has 0 spiro atoms. The number of nitrogens with two attached hydrogens (primary N) is 1. The van der Waals surface area contributed by atoms with Gasteiger partial charge in [0.1, 0.15) is 0 Å². The monoisotopic (exact) mass is 228 g/mol. The Morgan fingerprint density at radius 2 is 1.19 bits per heavy atom. The molecule has 0 aliphatic heterocycles. The van der Waals surface area contributed by atoms with Crippen molar-refractivity contribution in [3.05, 3.63) is 0 Å². The van der Waals surface area contributed by atoms with Crippen LogP contribution in [0, 0.1) is 0 Å². The highest BCUT2D eigenvalue weighted by Gasteiger charge is 1.91. The largest absolute Gasteiger partial charge is 0.330 e. The lowest BCUT2D eigenvalue weighted by Crippen LogP contribution is -2.16. The Bertz CT molecular complexity index is 101. The Morgan fingerprint density at radius 3 is 1.75 bits per heavy atom. The first-order valence-corrected chi connectivity index (χ1v) is 7.32. The van der Waals surface area contributed by atoms with Crippen LogP contribution in [0.2, 0.25) is 0 Å².